The first-order valence-electron chi connectivity index (χ1n) is 6.43. The molecule has 0 aliphatic heterocycles. The molecule has 0 aromatic heterocycles. The molecule has 0 amide bonds. The van der Waals surface area contributed by atoms with E-state index in [1.807, 2.05) is 31.2 Å². The van der Waals surface area contributed by atoms with E-state index in [1.165, 1.54) is 12.1 Å². The Bertz CT molecular complexity index is 712. The highest BCUT2D eigenvalue weighted by Crippen LogP contribution is 2.23. The zero-order chi connectivity index (χ0) is 15.5. The lowest BCUT2D eigenvalue weighted by molar-refractivity contribution is 0.415. The largest absolute Gasteiger partial charge is 0.497 e. The molecule has 3 N–H and O–H groups in total. The first-order chi connectivity index (χ1) is 9.90. The van der Waals surface area contributed by atoms with Gasteiger partial charge in [-0.25, -0.2) is 13.6 Å². The van der Waals surface area contributed by atoms with Crippen molar-refractivity contribution < 1.29 is 13.2 Å². The lowest BCUT2D eigenvalue weighted by atomic mass is 10.1. The first kappa shape index (κ1) is 15.3. The second-order valence-electron chi connectivity index (χ2n) is 4.71. The number of ether oxygens (including phenoxy) is 1. The maximum absolute atomic E-state index is 11.2. The summed E-state index contributed by atoms with van der Waals surface area (Å²) in [5.74, 6) is 0.775. The van der Waals surface area contributed by atoms with Gasteiger partial charge in [0.15, 0.2) is 0 Å². The van der Waals surface area contributed by atoms with Crippen molar-refractivity contribution in [3.8, 4) is 5.75 Å². The number of benzene rings is 2. The fourth-order valence-electron chi connectivity index (χ4n) is 1.99. The number of nitrogens with two attached hydrogens (primary N) is 1. The summed E-state index contributed by atoms with van der Waals surface area (Å²) in [7, 11) is -2.03. The standard InChI is InChI=1S/C15H18N2O3S/c1-11(17-13-4-3-5-14(10-13)20-2)12-6-8-15(9-7-12)21(16,18)19/h3-11,17H,1-2H3,(H2,16,18,19). The molecule has 0 aliphatic rings. The summed E-state index contributed by atoms with van der Waals surface area (Å²) in [6.07, 6.45) is 0. The van der Waals surface area contributed by atoms with Crippen LogP contribution >= 0.6 is 0 Å². The second kappa shape index (κ2) is 6.15. The van der Waals surface area contributed by atoms with Crippen LogP contribution in [0.1, 0.15) is 18.5 Å². The van der Waals surface area contributed by atoms with Crippen molar-refractivity contribution in [3.05, 3.63) is 54.1 Å². The van der Waals surface area contributed by atoms with Gasteiger partial charge in [-0.3, -0.25) is 0 Å². The van der Waals surface area contributed by atoms with Gasteiger partial charge in [0.05, 0.1) is 12.0 Å². The van der Waals surface area contributed by atoms with E-state index in [2.05, 4.69) is 5.32 Å². The van der Waals surface area contributed by atoms with E-state index in [1.54, 1.807) is 19.2 Å². The minimum Gasteiger partial charge on any atom is -0.497 e. The van der Waals surface area contributed by atoms with Gasteiger partial charge < -0.3 is 10.1 Å². The lowest BCUT2D eigenvalue weighted by Crippen LogP contribution is -2.12. The van der Waals surface area contributed by atoms with E-state index in [0.717, 1.165) is 17.0 Å². The fourth-order valence-corrected chi connectivity index (χ4v) is 2.51. The zero-order valence-corrected chi connectivity index (χ0v) is 12.7. The summed E-state index contributed by atoms with van der Waals surface area (Å²) in [5.41, 5.74) is 1.89. The molecule has 2 aromatic carbocycles. The highest BCUT2D eigenvalue weighted by atomic mass is 32.2. The molecular formula is C15H18N2O3S. The number of nitrogens with one attached hydrogen (secondary N) is 1. The van der Waals surface area contributed by atoms with Crippen molar-refractivity contribution in [1.29, 1.82) is 0 Å². The molecule has 0 bridgehead atoms. The Balaban J connectivity index is 2.14. The third-order valence-electron chi connectivity index (χ3n) is 3.16. The molecule has 21 heavy (non-hydrogen) atoms. The molecule has 0 saturated heterocycles. The normalized spacial score (nSPS) is 12.7. The van der Waals surface area contributed by atoms with Gasteiger partial charge in [0.25, 0.3) is 0 Å². The Labute approximate surface area is 124 Å². The predicted molar refractivity (Wildman–Crippen MR) is 82.8 cm³/mol. The van der Waals surface area contributed by atoms with Crippen LogP contribution in [0.25, 0.3) is 0 Å². The topological polar surface area (TPSA) is 81.4 Å². The minimum absolute atomic E-state index is 0.0200. The molecule has 0 fully saturated rings. The monoisotopic (exact) mass is 306 g/mol. The average molecular weight is 306 g/mol. The second-order valence-corrected chi connectivity index (χ2v) is 6.27. The smallest absolute Gasteiger partial charge is 0.238 e. The molecule has 6 heteroatoms. The van der Waals surface area contributed by atoms with E-state index >= 15 is 0 Å². The number of hydrogen-bond acceptors (Lipinski definition) is 4. The van der Waals surface area contributed by atoms with Crippen LogP contribution < -0.4 is 15.2 Å². The molecular weight excluding hydrogens is 288 g/mol. The van der Waals surface area contributed by atoms with Gasteiger partial charge in [0.2, 0.25) is 10.0 Å². The van der Waals surface area contributed by atoms with E-state index in [4.69, 9.17) is 9.88 Å². The molecule has 1 atom stereocenters. The Morgan fingerprint density at radius 3 is 2.38 bits per heavy atom. The zero-order valence-electron chi connectivity index (χ0n) is 11.9. The van der Waals surface area contributed by atoms with Gasteiger partial charge in [-0.2, -0.15) is 0 Å². The number of anilines is 1. The van der Waals surface area contributed by atoms with Gasteiger partial charge in [-0.05, 0) is 36.8 Å². The first-order valence-corrected chi connectivity index (χ1v) is 7.98. The van der Waals surface area contributed by atoms with E-state index < -0.39 is 10.0 Å². The van der Waals surface area contributed by atoms with E-state index in [9.17, 15) is 8.42 Å². The predicted octanol–water partition coefficient (Wildman–Crippen LogP) is 2.52. The Hall–Kier alpha value is -2.05. The van der Waals surface area contributed by atoms with Crippen molar-refractivity contribution >= 4 is 15.7 Å². The van der Waals surface area contributed by atoms with Crippen molar-refractivity contribution in [1.82, 2.24) is 0 Å². The van der Waals surface area contributed by atoms with Crippen LogP contribution in [0.4, 0.5) is 5.69 Å². The van der Waals surface area contributed by atoms with Crippen LogP contribution in [0.5, 0.6) is 5.75 Å². The summed E-state index contributed by atoms with van der Waals surface area (Å²) in [5, 5.41) is 8.41. The van der Waals surface area contributed by atoms with Crippen molar-refractivity contribution in [2.45, 2.75) is 17.9 Å². The van der Waals surface area contributed by atoms with E-state index in [-0.39, 0.29) is 10.9 Å². The summed E-state index contributed by atoms with van der Waals surface area (Å²) < 4.78 is 27.6. The molecule has 0 heterocycles. The van der Waals surface area contributed by atoms with Crippen LogP contribution in [-0.4, -0.2) is 15.5 Å². The van der Waals surface area contributed by atoms with Gasteiger partial charge >= 0.3 is 0 Å². The molecule has 2 aromatic rings. The van der Waals surface area contributed by atoms with Gasteiger partial charge in [0.1, 0.15) is 5.75 Å². The molecule has 0 saturated carbocycles. The molecule has 2 rings (SSSR count). The third kappa shape index (κ3) is 3.96. The molecule has 0 aliphatic carbocycles. The molecule has 1 unspecified atom stereocenters. The van der Waals surface area contributed by atoms with Crippen LogP contribution in [0.2, 0.25) is 0 Å². The van der Waals surface area contributed by atoms with Gasteiger partial charge in [0, 0.05) is 17.8 Å². The van der Waals surface area contributed by atoms with Crippen molar-refractivity contribution in [2.75, 3.05) is 12.4 Å². The Morgan fingerprint density at radius 2 is 1.81 bits per heavy atom. The van der Waals surface area contributed by atoms with Crippen LogP contribution in [-0.2, 0) is 10.0 Å². The van der Waals surface area contributed by atoms with Gasteiger partial charge in [-0.15, -0.1) is 0 Å². The number of methoxy groups -OCH3 is 1. The highest BCUT2D eigenvalue weighted by molar-refractivity contribution is 7.89. The average Bonchev–Trinajstić information content (AvgIpc) is 2.46. The number of sulfonamides is 1. The maximum atomic E-state index is 11.2. The molecule has 5 nitrogen and oxygen atoms in total. The summed E-state index contributed by atoms with van der Waals surface area (Å²) in [6, 6.07) is 14.1. The SMILES string of the molecule is COc1cccc(NC(C)c2ccc(S(N)(=O)=O)cc2)c1. The Kier molecular flexibility index (Phi) is 4.50. The summed E-state index contributed by atoms with van der Waals surface area (Å²) in [4.78, 5) is 0.111. The maximum Gasteiger partial charge on any atom is 0.238 e. The van der Waals surface area contributed by atoms with E-state index in [0.29, 0.717) is 0 Å². The molecule has 0 spiro atoms. The fraction of sp³-hybridized carbons (Fsp3) is 0.200. The van der Waals surface area contributed by atoms with Crippen molar-refractivity contribution in [2.24, 2.45) is 5.14 Å². The quantitative estimate of drug-likeness (QED) is 0.889. The summed E-state index contributed by atoms with van der Waals surface area (Å²) >= 11 is 0. The molecule has 112 valence electrons. The number of primary sulfonamides is 1. The van der Waals surface area contributed by atoms with Crippen LogP contribution in [0.3, 0.4) is 0 Å². The van der Waals surface area contributed by atoms with Crippen molar-refractivity contribution in [3.63, 3.8) is 0 Å². The van der Waals surface area contributed by atoms with Crippen LogP contribution in [0, 0.1) is 0 Å². The number of hydrogen-bond donors (Lipinski definition) is 2. The van der Waals surface area contributed by atoms with Gasteiger partial charge in [-0.1, -0.05) is 18.2 Å². The molecule has 0 radical (unpaired) electrons. The third-order valence-corrected chi connectivity index (χ3v) is 4.09. The highest BCUT2D eigenvalue weighted by Gasteiger charge is 2.10. The Morgan fingerprint density at radius 1 is 1.14 bits per heavy atom. The van der Waals surface area contributed by atoms with Crippen LogP contribution in [0.15, 0.2) is 53.4 Å². The summed E-state index contributed by atoms with van der Waals surface area (Å²) in [6.45, 7) is 1.99. The lowest BCUT2D eigenvalue weighted by Gasteiger charge is -2.16. The minimum atomic E-state index is -3.65. The number of rotatable bonds is 5.